The van der Waals surface area contributed by atoms with E-state index in [2.05, 4.69) is 25.7 Å². The number of nitrogens with zero attached hydrogens (tertiary/aromatic N) is 1. The molecule has 0 saturated heterocycles. The SMILES string of the molecule is CCN(Cc1ccco1)CC(C)(CC)CO. The first kappa shape index (κ1) is 13.3. The Hall–Kier alpha value is -0.800. The van der Waals surface area contributed by atoms with Crippen molar-refractivity contribution in [2.45, 2.75) is 33.7 Å². The lowest BCUT2D eigenvalue weighted by Gasteiger charge is -2.32. The van der Waals surface area contributed by atoms with Gasteiger partial charge in [0.05, 0.1) is 12.8 Å². The summed E-state index contributed by atoms with van der Waals surface area (Å²) in [5.41, 5.74) is -0.0113. The summed E-state index contributed by atoms with van der Waals surface area (Å²) in [6, 6.07) is 3.90. The molecule has 0 spiro atoms. The van der Waals surface area contributed by atoms with Crippen molar-refractivity contribution < 1.29 is 9.52 Å². The molecule has 0 amide bonds. The van der Waals surface area contributed by atoms with Crippen LogP contribution in [0.4, 0.5) is 0 Å². The lowest BCUT2D eigenvalue weighted by atomic mass is 9.88. The summed E-state index contributed by atoms with van der Waals surface area (Å²) in [5.74, 6) is 0.984. The van der Waals surface area contributed by atoms with Crippen LogP contribution in [0.3, 0.4) is 0 Å². The van der Waals surface area contributed by atoms with Crippen LogP contribution in [-0.4, -0.2) is 29.7 Å². The third kappa shape index (κ3) is 3.65. The molecule has 0 bridgehead atoms. The lowest BCUT2D eigenvalue weighted by Crippen LogP contribution is -2.37. The standard InChI is InChI=1S/C13H23NO2/c1-4-13(3,11-15)10-14(5-2)9-12-7-6-8-16-12/h6-8,15H,4-5,9-11H2,1-3H3. The van der Waals surface area contributed by atoms with Crippen LogP contribution in [-0.2, 0) is 6.54 Å². The molecule has 0 aliphatic heterocycles. The Morgan fingerprint density at radius 3 is 2.62 bits per heavy atom. The van der Waals surface area contributed by atoms with Crippen molar-refractivity contribution in [3.63, 3.8) is 0 Å². The van der Waals surface area contributed by atoms with Gasteiger partial charge in [-0.05, 0) is 25.1 Å². The Morgan fingerprint density at radius 2 is 2.19 bits per heavy atom. The summed E-state index contributed by atoms with van der Waals surface area (Å²) in [4.78, 5) is 2.30. The second-order valence-electron chi connectivity index (χ2n) is 4.70. The second kappa shape index (κ2) is 6.06. The topological polar surface area (TPSA) is 36.6 Å². The van der Waals surface area contributed by atoms with Crippen molar-refractivity contribution in [2.24, 2.45) is 5.41 Å². The van der Waals surface area contributed by atoms with Crippen molar-refractivity contribution in [1.82, 2.24) is 4.90 Å². The van der Waals surface area contributed by atoms with E-state index in [0.29, 0.717) is 0 Å². The van der Waals surface area contributed by atoms with Gasteiger partial charge in [0, 0.05) is 18.6 Å². The summed E-state index contributed by atoms with van der Waals surface area (Å²) in [5, 5.41) is 9.41. The number of aliphatic hydroxyl groups excluding tert-OH is 1. The van der Waals surface area contributed by atoms with Gasteiger partial charge in [-0.15, -0.1) is 0 Å². The Kier molecular flexibility index (Phi) is 5.03. The largest absolute Gasteiger partial charge is 0.468 e. The van der Waals surface area contributed by atoms with E-state index in [1.54, 1.807) is 6.26 Å². The van der Waals surface area contributed by atoms with Gasteiger partial charge >= 0.3 is 0 Å². The van der Waals surface area contributed by atoms with Crippen LogP contribution < -0.4 is 0 Å². The van der Waals surface area contributed by atoms with Gasteiger partial charge in [0.15, 0.2) is 0 Å². The highest BCUT2D eigenvalue weighted by Gasteiger charge is 2.24. The monoisotopic (exact) mass is 225 g/mol. The van der Waals surface area contributed by atoms with Crippen LogP contribution in [0.15, 0.2) is 22.8 Å². The van der Waals surface area contributed by atoms with E-state index in [1.165, 1.54) is 0 Å². The average Bonchev–Trinajstić information content (AvgIpc) is 2.80. The van der Waals surface area contributed by atoms with Gasteiger partial charge in [0.1, 0.15) is 5.76 Å². The Balaban J connectivity index is 2.55. The number of hydrogen-bond acceptors (Lipinski definition) is 3. The zero-order valence-corrected chi connectivity index (χ0v) is 10.6. The summed E-state index contributed by atoms with van der Waals surface area (Å²) < 4.78 is 5.34. The summed E-state index contributed by atoms with van der Waals surface area (Å²) in [7, 11) is 0. The highest BCUT2D eigenvalue weighted by Crippen LogP contribution is 2.22. The molecule has 0 saturated carbocycles. The molecule has 1 aromatic rings. The number of rotatable bonds is 7. The van der Waals surface area contributed by atoms with E-state index >= 15 is 0 Å². The molecule has 0 fully saturated rings. The predicted molar refractivity (Wildman–Crippen MR) is 65.1 cm³/mol. The maximum Gasteiger partial charge on any atom is 0.117 e. The fraction of sp³-hybridized carbons (Fsp3) is 0.692. The van der Waals surface area contributed by atoms with E-state index < -0.39 is 0 Å². The number of aliphatic hydroxyl groups is 1. The minimum atomic E-state index is -0.0113. The molecule has 0 radical (unpaired) electrons. The first-order valence-corrected chi connectivity index (χ1v) is 5.99. The van der Waals surface area contributed by atoms with E-state index in [9.17, 15) is 5.11 Å². The van der Waals surface area contributed by atoms with Gasteiger partial charge in [-0.3, -0.25) is 4.90 Å². The predicted octanol–water partition coefficient (Wildman–Crippen LogP) is 2.51. The van der Waals surface area contributed by atoms with Crippen LogP contribution in [0.25, 0.3) is 0 Å². The third-order valence-corrected chi connectivity index (χ3v) is 3.25. The molecule has 1 unspecified atom stereocenters. The van der Waals surface area contributed by atoms with Crippen LogP contribution in [0, 0.1) is 5.41 Å². The molecule has 3 nitrogen and oxygen atoms in total. The molecule has 16 heavy (non-hydrogen) atoms. The van der Waals surface area contributed by atoms with Crippen molar-refractivity contribution >= 4 is 0 Å². The molecule has 1 N–H and O–H groups in total. The van der Waals surface area contributed by atoms with E-state index in [0.717, 1.165) is 31.8 Å². The van der Waals surface area contributed by atoms with E-state index in [4.69, 9.17) is 4.42 Å². The summed E-state index contributed by atoms with van der Waals surface area (Å²) >= 11 is 0. The highest BCUT2D eigenvalue weighted by atomic mass is 16.3. The molecule has 0 aliphatic carbocycles. The van der Waals surface area contributed by atoms with E-state index in [-0.39, 0.29) is 12.0 Å². The minimum absolute atomic E-state index is 0.0113. The maximum absolute atomic E-state index is 9.41. The smallest absolute Gasteiger partial charge is 0.117 e. The minimum Gasteiger partial charge on any atom is -0.468 e. The lowest BCUT2D eigenvalue weighted by molar-refractivity contribution is 0.0805. The molecule has 1 rings (SSSR count). The molecule has 1 aromatic heterocycles. The highest BCUT2D eigenvalue weighted by molar-refractivity contribution is 4.98. The normalized spacial score (nSPS) is 15.3. The molecule has 1 atom stereocenters. The number of hydrogen-bond donors (Lipinski definition) is 1. The maximum atomic E-state index is 9.41. The van der Waals surface area contributed by atoms with Gasteiger partial charge in [-0.2, -0.15) is 0 Å². The number of furan rings is 1. The van der Waals surface area contributed by atoms with Gasteiger partial charge in [0.25, 0.3) is 0 Å². The van der Waals surface area contributed by atoms with Crippen molar-refractivity contribution in [2.75, 3.05) is 19.7 Å². The average molecular weight is 225 g/mol. The Labute approximate surface area is 98.1 Å². The summed E-state index contributed by atoms with van der Waals surface area (Å²) in [6.07, 6.45) is 2.69. The molecule has 0 aromatic carbocycles. The first-order chi connectivity index (χ1) is 7.63. The molecular formula is C13H23NO2. The van der Waals surface area contributed by atoms with Gasteiger partial charge in [0.2, 0.25) is 0 Å². The van der Waals surface area contributed by atoms with Crippen LogP contribution >= 0.6 is 0 Å². The van der Waals surface area contributed by atoms with Gasteiger partial charge < -0.3 is 9.52 Å². The van der Waals surface area contributed by atoms with Crippen LogP contribution in [0.2, 0.25) is 0 Å². The van der Waals surface area contributed by atoms with Crippen LogP contribution in [0.5, 0.6) is 0 Å². The van der Waals surface area contributed by atoms with E-state index in [1.807, 2.05) is 12.1 Å². The Morgan fingerprint density at radius 1 is 1.44 bits per heavy atom. The van der Waals surface area contributed by atoms with Crippen LogP contribution in [0.1, 0.15) is 33.0 Å². The van der Waals surface area contributed by atoms with Gasteiger partial charge in [-0.25, -0.2) is 0 Å². The molecule has 92 valence electrons. The molecule has 0 aliphatic rings. The zero-order valence-electron chi connectivity index (χ0n) is 10.6. The van der Waals surface area contributed by atoms with Crippen molar-refractivity contribution in [3.05, 3.63) is 24.2 Å². The molecule has 3 heteroatoms. The van der Waals surface area contributed by atoms with Crippen molar-refractivity contribution in [3.8, 4) is 0 Å². The fourth-order valence-corrected chi connectivity index (χ4v) is 1.72. The summed E-state index contributed by atoms with van der Waals surface area (Å²) in [6.45, 7) is 9.30. The molecule has 1 heterocycles. The zero-order chi connectivity index (χ0) is 12.0. The molecular weight excluding hydrogens is 202 g/mol. The third-order valence-electron chi connectivity index (χ3n) is 3.25. The van der Waals surface area contributed by atoms with Gasteiger partial charge in [-0.1, -0.05) is 20.8 Å². The van der Waals surface area contributed by atoms with Crippen molar-refractivity contribution in [1.29, 1.82) is 0 Å². The fourth-order valence-electron chi connectivity index (χ4n) is 1.72. The second-order valence-corrected chi connectivity index (χ2v) is 4.70. The quantitative estimate of drug-likeness (QED) is 0.774. The first-order valence-electron chi connectivity index (χ1n) is 5.99. The Bertz CT molecular complexity index is 278.